The van der Waals surface area contributed by atoms with Gasteiger partial charge in [0.2, 0.25) is 0 Å². The standard InChI is InChI=1S/C15H9BrF2/c16-14-8-6-13(7-9-14)15(17,18)11-10-12-4-2-1-3-5-12/h1-9H. The van der Waals surface area contributed by atoms with E-state index >= 15 is 0 Å². The summed E-state index contributed by atoms with van der Waals surface area (Å²) in [7, 11) is 0. The Morgan fingerprint density at radius 2 is 1.50 bits per heavy atom. The zero-order valence-corrected chi connectivity index (χ0v) is 10.9. The van der Waals surface area contributed by atoms with Crippen LogP contribution in [-0.2, 0) is 5.92 Å². The van der Waals surface area contributed by atoms with Gasteiger partial charge in [0, 0.05) is 15.6 Å². The van der Waals surface area contributed by atoms with Crippen molar-refractivity contribution >= 4 is 15.9 Å². The molecule has 18 heavy (non-hydrogen) atoms. The smallest absolute Gasteiger partial charge is 0.186 e. The first-order valence-corrected chi connectivity index (χ1v) is 6.09. The summed E-state index contributed by atoms with van der Waals surface area (Å²) in [5.74, 6) is 1.36. The van der Waals surface area contributed by atoms with Crippen LogP contribution in [0.2, 0.25) is 0 Å². The van der Waals surface area contributed by atoms with Crippen LogP contribution in [-0.4, -0.2) is 0 Å². The van der Waals surface area contributed by atoms with Gasteiger partial charge in [-0.1, -0.05) is 52.2 Å². The van der Waals surface area contributed by atoms with Gasteiger partial charge < -0.3 is 0 Å². The fourth-order valence-corrected chi connectivity index (χ4v) is 1.67. The molecule has 0 aliphatic heterocycles. The van der Waals surface area contributed by atoms with E-state index in [4.69, 9.17) is 0 Å². The van der Waals surface area contributed by atoms with Crippen LogP contribution in [0.25, 0.3) is 0 Å². The monoisotopic (exact) mass is 306 g/mol. The van der Waals surface area contributed by atoms with Crippen LogP contribution in [0.5, 0.6) is 0 Å². The summed E-state index contributed by atoms with van der Waals surface area (Å²) in [5.41, 5.74) is 0.475. The molecular formula is C15H9BrF2. The van der Waals surface area contributed by atoms with E-state index in [1.807, 2.05) is 12.0 Å². The Balaban J connectivity index is 2.27. The minimum atomic E-state index is -3.14. The summed E-state index contributed by atoms with van der Waals surface area (Å²) in [6.07, 6.45) is 0. The molecule has 0 spiro atoms. The van der Waals surface area contributed by atoms with E-state index in [1.165, 1.54) is 12.1 Å². The Hall–Kier alpha value is -1.66. The van der Waals surface area contributed by atoms with E-state index in [2.05, 4.69) is 21.9 Å². The second-order valence-corrected chi connectivity index (χ2v) is 4.61. The molecule has 0 fully saturated rings. The van der Waals surface area contributed by atoms with Crippen LogP contribution in [0.4, 0.5) is 8.78 Å². The van der Waals surface area contributed by atoms with Crippen LogP contribution in [0.3, 0.4) is 0 Å². The minimum absolute atomic E-state index is 0.103. The van der Waals surface area contributed by atoms with Crippen molar-refractivity contribution < 1.29 is 8.78 Å². The Morgan fingerprint density at radius 1 is 0.889 bits per heavy atom. The zero-order chi connectivity index (χ0) is 13.0. The fraction of sp³-hybridized carbons (Fsp3) is 0.0667. The average molecular weight is 307 g/mol. The molecule has 0 aliphatic carbocycles. The predicted molar refractivity (Wildman–Crippen MR) is 71.4 cm³/mol. The van der Waals surface area contributed by atoms with Gasteiger partial charge in [0.1, 0.15) is 0 Å². The van der Waals surface area contributed by atoms with Crippen molar-refractivity contribution in [1.82, 2.24) is 0 Å². The molecule has 0 unspecified atom stereocenters. The molecule has 0 atom stereocenters. The Labute approximate surface area is 113 Å². The van der Waals surface area contributed by atoms with Crippen LogP contribution < -0.4 is 0 Å². The highest BCUT2D eigenvalue weighted by Crippen LogP contribution is 2.28. The third-order valence-corrected chi connectivity index (χ3v) is 2.87. The van der Waals surface area contributed by atoms with Crippen LogP contribution in [0, 0.1) is 11.8 Å². The Kier molecular flexibility index (Phi) is 3.78. The zero-order valence-electron chi connectivity index (χ0n) is 9.33. The number of benzene rings is 2. The van der Waals surface area contributed by atoms with Crippen LogP contribution in [0.1, 0.15) is 11.1 Å². The van der Waals surface area contributed by atoms with E-state index in [0.717, 1.165) is 4.47 Å². The summed E-state index contributed by atoms with van der Waals surface area (Å²) in [5, 5.41) is 0. The molecular weight excluding hydrogens is 298 g/mol. The highest BCUT2D eigenvalue weighted by molar-refractivity contribution is 9.10. The highest BCUT2D eigenvalue weighted by Gasteiger charge is 2.28. The third-order valence-electron chi connectivity index (χ3n) is 2.34. The van der Waals surface area contributed by atoms with Gasteiger partial charge in [0.05, 0.1) is 0 Å². The second kappa shape index (κ2) is 5.32. The van der Waals surface area contributed by atoms with Gasteiger partial charge in [-0.15, -0.1) is 0 Å². The molecule has 90 valence electrons. The highest BCUT2D eigenvalue weighted by atomic mass is 79.9. The van der Waals surface area contributed by atoms with Crippen molar-refractivity contribution in [2.45, 2.75) is 5.92 Å². The molecule has 0 N–H and O–H groups in total. The maximum atomic E-state index is 13.8. The molecule has 0 aromatic heterocycles. The molecule has 0 nitrogen and oxygen atoms in total. The lowest BCUT2D eigenvalue weighted by Gasteiger charge is -2.09. The molecule has 2 aromatic rings. The first-order chi connectivity index (χ1) is 8.58. The summed E-state index contributed by atoms with van der Waals surface area (Å²) >= 11 is 3.21. The van der Waals surface area contributed by atoms with Crippen molar-refractivity contribution in [3.8, 4) is 11.8 Å². The van der Waals surface area contributed by atoms with Crippen molar-refractivity contribution in [1.29, 1.82) is 0 Å². The topological polar surface area (TPSA) is 0 Å². The summed E-state index contributed by atoms with van der Waals surface area (Å²) in [6, 6.07) is 14.6. The van der Waals surface area contributed by atoms with Crippen molar-refractivity contribution in [2.75, 3.05) is 0 Å². The van der Waals surface area contributed by atoms with E-state index in [0.29, 0.717) is 5.56 Å². The Bertz CT molecular complexity index is 577. The van der Waals surface area contributed by atoms with Crippen LogP contribution in [0.15, 0.2) is 59.1 Å². The lowest BCUT2D eigenvalue weighted by molar-refractivity contribution is 0.0639. The summed E-state index contributed by atoms with van der Waals surface area (Å²) in [4.78, 5) is 0. The predicted octanol–water partition coefficient (Wildman–Crippen LogP) is 4.59. The number of hydrogen-bond acceptors (Lipinski definition) is 0. The molecule has 0 aliphatic rings. The number of hydrogen-bond donors (Lipinski definition) is 0. The maximum absolute atomic E-state index is 13.8. The molecule has 0 bridgehead atoms. The quantitative estimate of drug-likeness (QED) is 0.676. The van der Waals surface area contributed by atoms with Gasteiger partial charge in [-0.05, 0) is 30.2 Å². The van der Waals surface area contributed by atoms with Gasteiger partial charge in [-0.2, -0.15) is 8.78 Å². The van der Waals surface area contributed by atoms with Crippen LogP contribution >= 0.6 is 15.9 Å². The van der Waals surface area contributed by atoms with E-state index in [9.17, 15) is 8.78 Å². The minimum Gasteiger partial charge on any atom is -0.186 e. The number of alkyl halides is 2. The summed E-state index contributed by atoms with van der Waals surface area (Å²) < 4.78 is 28.3. The molecule has 3 heteroatoms. The van der Waals surface area contributed by atoms with Crippen molar-refractivity contribution in [3.05, 3.63) is 70.2 Å². The lowest BCUT2D eigenvalue weighted by atomic mass is 10.1. The Morgan fingerprint density at radius 3 is 2.11 bits per heavy atom. The first-order valence-electron chi connectivity index (χ1n) is 5.30. The summed E-state index contributed by atoms with van der Waals surface area (Å²) in [6.45, 7) is 0. The first kappa shape index (κ1) is 12.8. The normalized spacial score (nSPS) is 10.6. The average Bonchev–Trinajstić information content (AvgIpc) is 2.38. The van der Waals surface area contributed by atoms with Gasteiger partial charge in [-0.25, -0.2) is 0 Å². The van der Waals surface area contributed by atoms with E-state index in [1.54, 1.807) is 36.4 Å². The molecule has 0 saturated carbocycles. The largest absolute Gasteiger partial charge is 0.333 e. The van der Waals surface area contributed by atoms with E-state index < -0.39 is 5.92 Å². The van der Waals surface area contributed by atoms with Gasteiger partial charge in [-0.3, -0.25) is 0 Å². The number of rotatable bonds is 1. The van der Waals surface area contributed by atoms with Crippen molar-refractivity contribution in [3.63, 3.8) is 0 Å². The van der Waals surface area contributed by atoms with Crippen molar-refractivity contribution in [2.24, 2.45) is 0 Å². The molecule has 0 heterocycles. The molecule has 2 rings (SSSR count). The lowest BCUT2D eigenvalue weighted by Crippen LogP contribution is -2.09. The fourth-order valence-electron chi connectivity index (χ4n) is 1.40. The molecule has 2 aromatic carbocycles. The molecule has 0 amide bonds. The molecule has 0 radical (unpaired) electrons. The van der Waals surface area contributed by atoms with Gasteiger partial charge in [0.15, 0.2) is 0 Å². The van der Waals surface area contributed by atoms with E-state index in [-0.39, 0.29) is 5.56 Å². The molecule has 0 saturated heterocycles. The maximum Gasteiger partial charge on any atom is 0.333 e. The second-order valence-electron chi connectivity index (χ2n) is 3.70. The SMILES string of the molecule is FC(F)(C#Cc1ccccc1)c1ccc(Br)cc1. The number of halogens is 3. The van der Waals surface area contributed by atoms with Gasteiger partial charge in [0.25, 0.3) is 0 Å². The third kappa shape index (κ3) is 3.18. The van der Waals surface area contributed by atoms with Gasteiger partial charge >= 0.3 is 5.92 Å².